The Bertz CT molecular complexity index is 293. The number of thiophene rings is 1. The van der Waals surface area contributed by atoms with Gasteiger partial charge in [0.1, 0.15) is 0 Å². The third kappa shape index (κ3) is 1.33. The first kappa shape index (κ1) is 8.69. The van der Waals surface area contributed by atoms with Crippen molar-refractivity contribution < 1.29 is 5.11 Å². The maximum absolute atomic E-state index is 9.16. The first-order valence-electron chi connectivity index (χ1n) is 3.82. The predicted octanol–water partition coefficient (Wildman–Crippen LogP) is 1.82. The molecule has 0 spiro atoms. The van der Waals surface area contributed by atoms with Crippen molar-refractivity contribution in [2.45, 2.75) is 24.5 Å². The Morgan fingerprint density at radius 3 is 2.75 bits per heavy atom. The van der Waals surface area contributed by atoms with Crippen LogP contribution in [0.2, 0.25) is 0 Å². The molecule has 0 bridgehead atoms. The number of halogens is 1. The summed E-state index contributed by atoms with van der Waals surface area (Å²) in [6.45, 7) is 0. The summed E-state index contributed by atoms with van der Waals surface area (Å²) in [7, 11) is 0. The molecule has 0 aromatic carbocycles. The summed E-state index contributed by atoms with van der Waals surface area (Å²) in [5, 5.41) is 11.2. The van der Waals surface area contributed by atoms with Crippen molar-refractivity contribution in [3.05, 3.63) is 20.8 Å². The van der Waals surface area contributed by atoms with E-state index in [-0.39, 0.29) is 11.6 Å². The molecule has 2 nitrogen and oxygen atoms in total. The lowest BCUT2D eigenvalue weighted by Gasteiger charge is -2.41. The van der Waals surface area contributed by atoms with Crippen LogP contribution in [-0.4, -0.2) is 11.2 Å². The van der Waals surface area contributed by atoms with Crippen LogP contribution in [0, 0.1) is 0 Å². The molecule has 0 atom stereocenters. The molecule has 66 valence electrons. The van der Waals surface area contributed by atoms with Crippen molar-refractivity contribution in [3.8, 4) is 0 Å². The van der Waals surface area contributed by atoms with Crippen LogP contribution >= 0.6 is 27.3 Å². The van der Waals surface area contributed by atoms with E-state index in [4.69, 9.17) is 10.8 Å². The summed E-state index contributed by atoms with van der Waals surface area (Å²) < 4.78 is 1.10. The lowest BCUT2D eigenvalue weighted by molar-refractivity contribution is 0.0211. The average Bonchev–Trinajstić information content (AvgIpc) is 2.33. The zero-order chi connectivity index (χ0) is 8.77. The molecule has 1 aliphatic carbocycles. The molecule has 0 unspecified atom stereocenters. The van der Waals surface area contributed by atoms with E-state index in [0.717, 1.165) is 9.35 Å². The third-order valence-electron chi connectivity index (χ3n) is 2.34. The van der Waals surface area contributed by atoms with Crippen LogP contribution < -0.4 is 5.73 Å². The second-order valence-electron chi connectivity index (χ2n) is 3.36. The average molecular weight is 248 g/mol. The molecule has 1 saturated carbocycles. The minimum absolute atomic E-state index is 0.200. The Balaban J connectivity index is 2.20. The molecule has 0 saturated heterocycles. The van der Waals surface area contributed by atoms with Crippen molar-refractivity contribution in [2.75, 3.05) is 0 Å². The largest absolute Gasteiger partial charge is 0.393 e. The maximum atomic E-state index is 9.16. The molecule has 0 aliphatic heterocycles. The minimum atomic E-state index is -0.262. The lowest BCUT2D eigenvalue weighted by atomic mass is 9.71. The Hall–Kier alpha value is 0.1000. The number of aliphatic hydroxyl groups is 1. The van der Waals surface area contributed by atoms with Gasteiger partial charge < -0.3 is 10.8 Å². The molecule has 0 amide bonds. The maximum Gasteiger partial charge on any atom is 0.0701 e. The van der Waals surface area contributed by atoms with Crippen LogP contribution in [0.4, 0.5) is 0 Å². The smallest absolute Gasteiger partial charge is 0.0701 e. The van der Waals surface area contributed by atoms with Gasteiger partial charge in [0, 0.05) is 5.54 Å². The van der Waals surface area contributed by atoms with Crippen LogP contribution in [0.1, 0.15) is 18.4 Å². The van der Waals surface area contributed by atoms with Crippen LogP contribution in [-0.2, 0) is 5.54 Å². The third-order valence-corrected chi connectivity index (χ3v) is 3.85. The van der Waals surface area contributed by atoms with E-state index in [2.05, 4.69) is 21.3 Å². The first-order chi connectivity index (χ1) is 5.60. The number of aliphatic hydroxyl groups excluding tert-OH is 1. The molecule has 0 radical (unpaired) electrons. The van der Waals surface area contributed by atoms with E-state index < -0.39 is 0 Å². The Labute approximate surface area is 83.5 Å². The van der Waals surface area contributed by atoms with Gasteiger partial charge in [0.2, 0.25) is 0 Å². The SMILES string of the molecule is NC1(c2csc(Br)c2)CC(O)C1. The number of nitrogens with two attached hydrogens (primary N) is 1. The van der Waals surface area contributed by atoms with E-state index in [9.17, 15) is 0 Å². The Morgan fingerprint density at radius 1 is 1.67 bits per heavy atom. The molecule has 1 aliphatic rings. The van der Waals surface area contributed by atoms with Crippen molar-refractivity contribution in [1.29, 1.82) is 0 Å². The van der Waals surface area contributed by atoms with E-state index in [1.165, 1.54) is 0 Å². The molecule has 3 N–H and O–H groups in total. The van der Waals surface area contributed by atoms with Gasteiger partial charge in [-0.2, -0.15) is 0 Å². The number of hydrogen-bond donors (Lipinski definition) is 2. The molecule has 2 rings (SSSR count). The van der Waals surface area contributed by atoms with E-state index in [1.807, 2.05) is 6.07 Å². The molecular formula is C8H10BrNOS. The Kier molecular flexibility index (Phi) is 2.03. The van der Waals surface area contributed by atoms with Gasteiger partial charge in [-0.05, 0) is 45.8 Å². The van der Waals surface area contributed by atoms with Crippen LogP contribution in [0.25, 0.3) is 0 Å². The van der Waals surface area contributed by atoms with E-state index in [0.29, 0.717) is 12.8 Å². The van der Waals surface area contributed by atoms with Crippen molar-refractivity contribution in [3.63, 3.8) is 0 Å². The second kappa shape index (κ2) is 2.80. The van der Waals surface area contributed by atoms with Gasteiger partial charge in [0.05, 0.1) is 9.89 Å². The molecular weight excluding hydrogens is 238 g/mol. The van der Waals surface area contributed by atoms with Gasteiger partial charge in [-0.1, -0.05) is 0 Å². The summed E-state index contributed by atoms with van der Waals surface area (Å²) in [5.74, 6) is 0. The van der Waals surface area contributed by atoms with Gasteiger partial charge >= 0.3 is 0 Å². The fraction of sp³-hybridized carbons (Fsp3) is 0.500. The zero-order valence-electron chi connectivity index (χ0n) is 6.46. The summed E-state index contributed by atoms with van der Waals surface area (Å²) in [5.41, 5.74) is 6.93. The first-order valence-corrected chi connectivity index (χ1v) is 5.49. The fourth-order valence-electron chi connectivity index (χ4n) is 1.59. The predicted molar refractivity (Wildman–Crippen MR) is 53.1 cm³/mol. The summed E-state index contributed by atoms with van der Waals surface area (Å²) in [6.07, 6.45) is 1.18. The van der Waals surface area contributed by atoms with Crippen molar-refractivity contribution >= 4 is 27.3 Å². The van der Waals surface area contributed by atoms with Crippen molar-refractivity contribution in [2.24, 2.45) is 5.73 Å². The molecule has 1 aromatic rings. The highest BCUT2D eigenvalue weighted by molar-refractivity contribution is 9.11. The number of hydrogen-bond acceptors (Lipinski definition) is 3. The molecule has 1 heterocycles. The van der Waals surface area contributed by atoms with Gasteiger partial charge in [-0.3, -0.25) is 0 Å². The van der Waals surface area contributed by atoms with Gasteiger partial charge in [0.25, 0.3) is 0 Å². The highest BCUT2D eigenvalue weighted by Crippen LogP contribution is 2.41. The quantitative estimate of drug-likeness (QED) is 0.796. The van der Waals surface area contributed by atoms with Crippen LogP contribution in [0.5, 0.6) is 0 Å². The Morgan fingerprint density at radius 2 is 2.33 bits per heavy atom. The zero-order valence-corrected chi connectivity index (χ0v) is 8.86. The monoisotopic (exact) mass is 247 g/mol. The minimum Gasteiger partial charge on any atom is -0.393 e. The van der Waals surface area contributed by atoms with Crippen LogP contribution in [0.3, 0.4) is 0 Å². The lowest BCUT2D eigenvalue weighted by Crippen LogP contribution is -2.51. The normalized spacial score (nSPS) is 34.8. The second-order valence-corrected chi connectivity index (χ2v) is 5.65. The van der Waals surface area contributed by atoms with Crippen molar-refractivity contribution in [1.82, 2.24) is 0 Å². The van der Waals surface area contributed by atoms with Crippen LogP contribution in [0.15, 0.2) is 15.2 Å². The number of rotatable bonds is 1. The summed E-state index contributed by atoms with van der Waals surface area (Å²) in [6, 6.07) is 2.04. The molecule has 1 aromatic heterocycles. The molecule has 12 heavy (non-hydrogen) atoms. The molecule has 4 heteroatoms. The van der Waals surface area contributed by atoms with Gasteiger partial charge in [-0.25, -0.2) is 0 Å². The van der Waals surface area contributed by atoms with Gasteiger partial charge in [0.15, 0.2) is 0 Å². The van der Waals surface area contributed by atoms with Gasteiger partial charge in [-0.15, -0.1) is 11.3 Å². The summed E-state index contributed by atoms with van der Waals surface area (Å²) >= 11 is 5.03. The highest BCUT2D eigenvalue weighted by atomic mass is 79.9. The van der Waals surface area contributed by atoms with E-state index >= 15 is 0 Å². The topological polar surface area (TPSA) is 46.2 Å². The standard InChI is InChI=1S/C8H10BrNOS/c9-7-1-5(4-12-7)8(10)2-6(11)3-8/h1,4,6,11H,2-3,10H2. The van der Waals surface area contributed by atoms with E-state index in [1.54, 1.807) is 11.3 Å². The fourth-order valence-corrected chi connectivity index (χ4v) is 2.85. The molecule has 1 fully saturated rings. The highest BCUT2D eigenvalue weighted by Gasteiger charge is 2.41. The summed E-state index contributed by atoms with van der Waals surface area (Å²) in [4.78, 5) is 0.